The minimum atomic E-state index is -4.08. The number of sulfonamides is 1. The first-order valence-corrected chi connectivity index (χ1v) is 18.8. The van der Waals surface area contributed by atoms with E-state index in [1.807, 2.05) is 18.2 Å². The zero-order valence-electron chi connectivity index (χ0n) is 26.5. The molecule has 0 aromatic heterocycles. The number of amides is 1. The average Bonchev–Trinajstić information content (AvgIpc) is 3.13. The van der Waals surface area contributed by atoms with Crippen LogP contribution in [0.3, 0.4) is 0 Å². The van der Waals surface area contributed by atoms with Crippen LogP contribution in [0.25, 0.3) is 0 Å². The maximum absolute atomic E-state index is 13.9. The van der Waals surface area contributed by atoms with E-state index in [4.69, 9.17) is 21.1 Å². The van der Waals surface area contributed by atoms with Crippen molar-refractivity contribution < 1.29 is 27.8 Å². The first kappa shape index (κ1) is 32.0. The van der Waals surface area contributed by atoms with Gasteiger partial charge in [0.2, 0.25) is 10.0 Å². The predicted molar refractivity (Wildman–Crippen MR) is 179 cm³/mol. The average molecular weight is 669 g/mol. The molecule has 0 unspecified atom stereocenters. The molecule has 1 spiro atoms. The molecule has 0 saturated heterocycles. The van der Waals surface area contributed by atoms with Crippen molar-refractivity contribution in [3.63, 3.8) is 0 Å². The van der Waals surface area contributed by atoms with Crippen LogP contribution in [-0.2, 0) is 26.6 Å². The van der Waals surface area contributed by atoms with Gasteiger partial charge in [-0.3, -0.25) is 4.79 Å². The number of aliphatic hydroxyl groups excluding tert-OH is 1. The molecule has 248 valence electrons. The number of carbonyl (C=O) groups is 1. The first-order valence-electron chi connectivity index (χ1n) is 16.9. The second-order valence-electron chi connectivity index (χ2n) is 14.3. The Bertz CT molecular complexity index is 1610. The smallest absolute Gasteiger partial charge is 0.264 e. The molecule has 2 aromatic carbocycles. The molecule has 2 heterocycles. The highest BCUT2D eigenvalue weighted by atomic mass is 35.5. The van der Waals surface area contributed by atoms with Gasteiger partial charge in [0.15, 0.2) is 0 Å². The van der Waals surface area contributed by atoms with Crippen molar-refractivity contribution in [1.82, 2.24) is 4.72 Å². The highest BCUT2D eigenvalue weighted by Crippen LogP contribution is 2.47. The quantitative estimate of drug-likeness (QED) is 0.399. The summed E-state index contributed by atoms with van der Waals surface area (Å²) in [5.74, 6) is 0.666. The molecule has 2 fully saturated rings. The minimum absolute atomic E-state index is 0.0900. The largest absolute Gasteiger partial charge is 0.490 e. The molecule has 1 amide bonds. The molecule has 2 bridgehead atoms. The van der Waals surface area contributed by atoms with Gasteiger partial charge in [0, 0.05) is 36.2 Å². The second-order valence-corrected chi connectivity index (χ2v) is 16.6. The van der Waals surface area contributed by atoms with E-state index < -0.39 is 33.4 Å². The van der Waals surface area contributed by atoms with Gasteiger partial charge in [-0.25, -0.2) is 13.1 Å². The Hall–Kier alpha value is -2.59. The zero-order valence-corrected chi connectivity index (χ0v) is 28.1. The van der Waals surface area contributed by atoms with Crippen molar-refractivity contribution in [2.24, 2.45) is 17.8 Å². The van der Waals surface area contributed by atoms with Crippen LogP contribution in [0, 0.1) is 17.8 Å². The number of fused-ring (bicyclic) bond motifs is 4. The lowest BCUT2D eigenvalue weighted by Crippen LogP contribution is -2.49. The Kier molecular flexibility index (Phi) is 8.89. The van der Waals surface area contributed by atoms with Crippen molar-refractivity contribution >= 4 is 33.2 Å². The van der Waals surface area contributed by atoms with Gasteiger partial charge < -0.3 is 19.5 Å². The summed E-state index contributed by atoms with van der Waals surface area (Å²) in [6, 6.07) is 11.4. The fourth-order valence-corrected chi connectivity index (χ4v) is 10.4. The molecule has 3 aliphatic carbocycles. The molecular formula is C36H45ClN2O6S. The minimum Gasteiger partial charge on any atom is -0.490 e. The Morgan fingerprint density at radius 1 is 1.13 bits per heavy atom. The lowest BCUT2D eigenvalue weighted by molar-refractivity contribution is 0.0450. The van der Waals surface area contributed by atoms with E-state index in [9.17, 15) is 18.3 Å². The van der Waals surface area contributed by atoms with E-state index >= 15 is 0 Å². The van der Waals surface area contributed by atoms with Gasteiger partial charge in [0.25, 0.3) is 5.91 Å². The standard InChI is InChI=1S/C36H45ClN2O6S/c1-44-33-9-3-8-31(40)28-13-10-26(28)20-39-21-36(16-4-7-24-18-27(37)12-14-29(24)36)22-45-32-15-11-25(19-30(32)39)35(41)38-46(42,43)34(33)17-23-5-2-6-23/h3,8,11-12,14-15,18-19,23,26,28,31,33-34,40H,2,4-7,9-10,13,16-17,20-22H2,1H3,(H,38,41)/b8-3-/t26-,28+,31-,33-,34+,36-/m0/s1. The van der Waals surface area contributed by atoms with Crippen LogP contribution in [0.2, 0.25) is 5.02 Å². The fourth-order valence-electron chi connectivity index (χ4n) is 8.50. The van der Waals surface area contributed by atoms with Crippen LogP contribution in [0.5, 0.6) is 5.75 Å². The highest BCUT2D eigenvalue weighted by molar-refractivity contribution is 7.90. The fraction of sp³-hybridized carbons (Fsp3) is 0.583. The summed E-state index contributed by atoms with van der Waals surface area (Å²) >= 11 is 6.41. The van der Waals surface area contributed by atoms with Crippen molar-refractivity contribution in [3.05, 3.63) is 70.3 Å². The number of nitrogens with one attached hydrogen (secondary N) is 1. The highest BCUT2D eigenvalue weighted by Gasteiger charge is 2.45. The Morgan fingerprint density at radius 3 is 2.72 bits per heavy atom. The maximum atomic E-state index is 13.9. The first-order chi connectivity index (χ1) is 22.2. The van der Waals surface area contributed by atoms with Crippen molar-refractivity contribution in [2.75, 3.05) is 31.7 Å². The van der Waals surface area contributed by atoms with E-state index in [0.717, 1.165) is 62.1 Å². The third-order valence-electron chi connectivity index (χ3n) is 11.5. The molecule has 2 aliphatic heterocycles. The summed E-state index contributed by atoms with van der Waals surface area (Å²) in [6.45, 7) is 1.88. The molecule has 8 nitrogen and oxygen atoms in total. The number of aliphatic hydroxyl groups is 1. The Morgan fingerprint density at radius 2 is 1.98 bits per heavy atom. The lowest BCUT2D eigenvalue weighted by Gasteiger charge is -2.45. The van der Waals surface area contributed by atoms with Crippen molar-refractivity contribution in [3.8, 4) is 5.75 Å². The monoisotopic (exact) mass is 668 g/mol. The molecule has 0 radical (unpaired) electrons. The van der Waals surface area contributed by atoms with Crippen LogP contribution >= 0.6 is 11.6 Å². The number of hydrogen-bond acceptors (Lipinski definition) is 7. The number of ether oxygens (including phenoxy) is 2. The predicted octanol–water partition coefficient (Wildman–Crippen LogP) is 5.79. The number of halogens is 1. The van der Waals surface area contributed by atoms with E-state index in [1.54, 1.807) is 18.2 Å². The Labute approximate surface area is 277 Å². The Balaban J connectivity index is 1.28. The number of rotatable bonds is 3. The zero-order chi connectivity index (χ0) is 32.1. The van der Waals surface area contributed by atoms with Crippen LogP contribution in [0.1, 0.15) is 79.3 Å². The van der Waals surface area contributed by atoms with Gasteiger partial charge in [0.05, 0.1) is 24.5 Å². The van der Waals surface area contributed by atoms with Crippen LogP contribution in [0.15, 0.2) is 48.6 Å². The van der Waals surface area contributed by atoms with Gasteiger partial charge in [0.1, 0.15) is 11.0 Å². The van der Waals surface area contributed by atoms with Crippen LogP contribution in [-0.4, -0.2) is 63.7 Å². The second kappa shape index (κ2) is 12.8. The van der Waals surface area contributed by atoms with Crippen molar-refractivity contribution in [2.45, 2.75) is 87.1 Å². The molecule has 2 aromatic rings. The van der Waals surface area contributed by atoms with E-state index in [-0.39, 0.29) is 28.7 Å². The normalized spacial score (nSPS) is 33.3. The van der Waals surface area contributed by atoms with Gasteiger partial charge in [-0.2, -0.15) is 0 Å². The van der Waals surface area contributed by atoms with Crippen LogP contribution in [0.4, 0.5) is 5.69 Å². The van der Waals surface area contributed by atoms with E-state index in [2.05, 4.69) is 21.8 Å². The molecule has 2 saturated carbocycles. The van der Waals surface area contributed by atoms with Gasteiger partial charge in [-0.05, 0) is 104 Å². The number of methoxy groups -OCH3 is 1. The number of anilines is 1. The summed E-state index contributed by atoms with van der Waals surface area (Å²) in [5.41, 5.74) is 3.29. The molecule has 46 heavy (non-hydrogen) atoms. The van der Waals surface area contributed by atoms with Crippen molar-refractivity contribution in [1.29, 1.82) is 0 Å². The van der Waals surface area contributed by atoms with Gasteiger partial charge in [-0.1, -0.05) is 49.1 Å². The van der Waals surface area contributed by atoms with E-state index in [0.29, 0.717) is 38.3 Å². The third kappa shape index (κ3) is 6.09. The van der Waals surface area contributed by atoms with Gasteiger partial charge in [-0.15, -0.1) is 0 Å². The van der Waals surface area contributed by atoms with E-state index in [1.165, 1.54) is 18.2 Å². The number of benzene rings is 2. The molecule has 6 atom stereocenters. The van der Waals surface area contributed by atoms with Crippen LogP contribution < -0.4 is 14.4 Å². The summed E-state index contributed by atoms with van der Waals surface area (Å²) in [6.07, 6.45) is 11.1. The third-order valence-corrected chi connectivity index (χ3v) is 13.5. The SMILES string of the molecule is CO[C@H]1C/C=C\[C@H](O)[C@@H]2CC[C@H]2CN2C[C@@]3(CCCc4cc(Cl)ccc43)COc3ccc(cc32)C(=O)NS(=O)(=O)[C@@H]1CC1CCC1. The maximum Gasteiger partial charge on any atom is 0.264 e. The molecule has 10 heteroatoms. The molecular weight excluding hydrogens is 624 g/mol. The summed E-state index contributed by atoms with van der Waals surface area (Å²) in [7, 11) is -2.56. The molecule has 5 aliphatic rings. The molecule has 7 rings (SSSR count). The molecule has 2 N–H and O–H groups in total. The number of aryl methyl sites for hydroxylation is 1. The number of hydrogen-bond donors (Lipinski definition) is 2. The summed E-state index contributed by atoms with van der Waals surface area (Å²) < 4.78 is 42.5. The summed E-state index contributed by atoms with van der Waals surface area (Å²) in [4.78, 5) is 16.0. The lowest BCUT2D eigenvalue weighted by atomic mass is 9.68. The number of nitrogens with zero attached hydrogens (tertiary/aromatic N) is 1. The van der Waals surface area contributed by atoms with Gasteiger partial charge >= 0.3 is 0 Å². The summed E-state index contributed by atoms with van der Waals surface area (Å²) in [5, 5.41) is 11.2. The number of carbonyl (C=O) groups excluding carboxylic acids is 1. The topological polar surface area (TPSA) is 105 Å².